The standard InChI is InChI=1S/C17H22O2/c1-2-3-14-4-6-15(7-5-14)16-8-10-17(11-9-16)18-12-13-19-17/h4-8H,2-3,9-13H2,1H3. The summed E-state index contributed by atoms with van der Waals surface area (Å²) in [5.74, 6) is -0.300. The highest BCUT2D eigenvalue weighted by molar-refractivity contribution is 5.66. The predicted molar refractivity (Wildman–Crippen MR) is 76.9 cm³/mol. The fourth-order valence-corrected chi connectivity index (χ4v) is 3.00. The van der Waals surface area contributed by atoms with Gasteiger partial charge in [0.25, 0.3) is 0 Å². The van der Waals surface area contributed by atoms with E-state index < -0.39 is 0 Å². The topological polar surface area (TPSA) is 18.5 Å². The third-order valence-electron chi connectivity index (χ3n) is 4.11. The van der Waals surface area contributed by atoms with Crippen molar-refractivity contribution in [1.82, 2.24) is 0 Å². The first kappa shape index (κ1) is 12.9. The Balaban J connectivity index is 1.71. The summed E-state index contributed by atoms with van der Waals surface area (Å²) in [4.78, 5) is 0. The van der Waals surface area contributed by atoms with Crippen molar-refractivity contribution in [2.24, 2.45) is 0 Å². The zero-order valence-electron chi connectivity index (χ0n) is 11.7. The second-order valence-corrected chi connectivity index (χ2v) is 5.49. The third kappa shape index (κ3) is 2.75. The molecule has 1 saturated heterocycles. The molecule has 2 aliphatic rings. The van der Waals surface area contributed by atoms with Gasteiger partial charge in [-0.25, -0.2) is 0 Å². The van der Waals surface area contributed by atoms with Gasteiger partial charge < -0.3 is 9.47 Å². The molecule has 1 aliphatic heterocycles. The van der Waals surface area contributed by atoms with Gasteiger partial charge in [-0.15, -0.1) is 0 Å². The molecule has 1 fully saturated rings. The van der Waals surface area contributed by atoms with Crippen LogP contribution in [-0.2, 0) is 15.9 Å². The summed E-state index contributed by atoms with van der Waals surface area (Å²) in [5.41, 5.74) is 4.22. The van der Waals surface area contributed by atoms with Crippen molar-refractivity contribution < 1.29 is 9.47 Å². The highest BCUT2D eigenvalue weighted by Crippen LogP contribution is 2.38. The van der Waals surface area contributed by atoms with Crippen LogP contribution in [0.4, 0.5) is 0 Å². The molecule has 2 heteroatoms. The molecule has 0 bridgehead atoms. The minimum atomic E-state index is -0.300. The van der Waals surface area contributed by atoms with Gasteiger partial charge in [-0.3, -0.25) is 0 Å². The van der Waals surface area contributed by atoms with Gasteiger partial charge in [0.2, 0.25) is 0 Å². The number of aryl methyl sites for hydroxylation is 1. The summed E-state index contributed by atoms with van der Waals surface area (Å²) >= 11 is 0. The van der Waals surface area contributed by atoms with Crippen LogP contribution in [0, 0.1) is 0 Å². The van der Waals surface area contributed by atoms with Crippen molar-refractivity contribution in [3.05, 3.63) is 41.5 Å². The van der Waals surface area contributed by atoms with Gasteiger partial charge in [0.1, 0.15) is 0 Å². The van der Waals surface area contributed by atoms with Gasteiger partial charge in [-0.05, 0) is 29.5 Å². The number of hydrogen-bond donors (Lipinski definition) is 0. The van der Waals surface area contributed by atoms with Crippen molar-refractivity contribution in [2.45, 2.75) is 44.8 Å². The fraction of sp³-hybridized carbons (Fsp3) is 0.529. The second kappa shape index (κ2) is 5.48. The summed E-state index contributed by atoms with van der Waals surface area (Å²) in [6.45, 7) is 3.71. The number of ether oxygens (including phenoxy) is 2. The minimum Gasteiger partial charge on any atom is -0.347 e. The van der Waals surface area contributed by atoms with Crippen LogP contribution in [0.15, 0.2) is 30.3 Å². The Morgan fingerprint density at radius 1 is 1.11 bits per heavy atom. The Morgan fingerprint density at radius 3 is 2.42 bits per heavy atom. The highest BCUT2D eigenvalue weighted by atomic mass is 16.7. The van der Waals surface area contributed by atoms with Crippen LogP contribution >= 0.6 is 0 Å². The average molecular weight is 258 g/mol. The van der Waals surface area contributed by atoms with E-state index in [2.05, 4.69) is 37.3 Å². The van der Waals surface area contributed by atoms with E-state index in [1.54, 1.807) is 0 Å². The molecule has 1 aliphatic carbocycles. The van der Waals surface area contributed by atoms with Gasteiger partial charge in [0.05, 0.1) is 13.2 Å². The molecular weight excluding hydrogens is 236 g/mol. The molecule has 2 nitrogen and oxygen atoms in total. The molecule has 0 unspecified atom stereocenters. The van der Waals surface area contributed by atoms with Crippen LogP contribution in [0.3, 0.4) is 0 Å². The third-order valence-corrected chi connectivity index (χ3v) is 4.11. The largest absolute Gasteiger partial charge is 0.347 e. The molecule has 3 rings (SSSR count). The quantitative estimate of drug-likeness (QED) is 0.817. The lowest BCUT2D eigenvalue weighted by Gasteiger charge is -2.30. The monoisotopic (exact) mass is 258 g/mol. The van der Waals surface area contributed by atoms with Gasteiger partial charge in [-0.1, -0.05) is 43.7 Å². The van der Waals surface area contributed by atoms with Crippen molar-refractivity contribution in [3.8, 4) is 0 Å². The average Bonchev–Trinajstić information content (AvgIpc) is 2.90. The maximum absolute atomic E-state index is 5.75. The van der Waals surface area contributed by atoms with Crippen LogP contribution in [0.25, 0.3) is 5.57 Å². The van der Waals surface area contributed by atoms with Crippen LogP contribution in [-0.4, -0.2) is 19.0 Å². The van der Waals surface area contributed by atoms with E-state index in [9.17, 15) is 0 Å². The van der Waals surface area contributed by atoms with E-state index >= 15 is 0 Å². The molecule has 1 aromatic carbocycles. The molecule has 102 valence electrons. The van der Waals surface area contributed by atoms with Crippen LogP contribution in [0.5, 0.6) is 0 Å². The summed E-state index contributed by atoms with van der Waals surface area (Å²) in [5, 5.41) is 0. The summed E-state index contributed by atoms with van der Waals surface area (Å²) in [6.07, 6.45) is 7.59. The first-order valence-electron chi connectivity index (χ1n) is 7.38. The lowest BCUT2D eigenvalue weighted by Crippen LogP contribution is -2.31. The van der Waals surface area contributed by atoms with E-state index in [1.165, 1.54) is 29.5 Å². The Labute approximate surface area is 115 Å². The first-order chi connectivity index (χ1) is 9.31. The summed E-state index contributed by atoms with van der Waals surface area (Å²) in [6, 6.07) is 9.02. The SMILES string of the molecule is CCCc1ccc(C2=CCC3(CC2)OCCO3)cc1. The maximum atomic E-state index is 5.75. The highest BCUT2D eigenvalue weighted by Gasteiger charge is 2.37. The smallest absolute Gasteiger partial charge is 0.172 e. The van der Waals surface area contributed by atoms with Gasteiger partial charge >= 0.3 is 0 Å². The Kier molecular flexibility index (Phi) is 3.72. The van der Waals surface area contributed by atoms with E-state index in [4.69, 9.17) is 9.47 Å². The lowest BCUT2D eigenvalue weighted by atomic mass is 9.89. The van der Waals surface area contributed by atoms with Crippen LogP contribution < -0.4 is 0 Å². The van der Waals surface area contributed by atoms with Crippen molar-refractivity contribution in [1.29, 1.82) is 0 Å². The molecule has 1 spiro atoms. The molecule has 0 radical (unpaired) electrons. The molecule has 1 aromatic rings. The van der Waals surface area contributed by atoms with Crippen LogP contribution in [0.2, 0.25) is 0 Å². The summed E-state index contributed by atoms with van der Waals surface area (Å²) in [7, 11) is 0. The van der Waals surface area contributed by atoms with Crippen molar-refractivity contribution >= 4 is 5.57 Å². The second-order valence-electron chi connectivity index (χ2n) is 5.49. The molecule has 19 heavy (non-hydrogen) atoms. The van der Waals surface area contributed by atoms with Gasteiger partial charge in [0.15, 0.2) is 5.79 Å². The fourth-order valence-electron chi connectivity index (χ4n) is 3.00. The number of benzene rings is 1. The molecular formula is C17H22O2. The van der Waals surface area contributed by atoms with Crippen molar-refractivity contribution in [3.63, 3.8) is 0 Å². The van der Waals surface area contributed by atoms with E-state index in [0.29, 0.717) is 0 Å². The van der Waals surface area contributed by atoms with E-state index in [1.807, 2.05) is 0 Å². The minimum absolute atomic E-state index is 0.300. The first-order valence-corrected chi connectivity index (χ1v) is 7.38. The Bertz CT molecular complexity index is 453. The molecule has 0 aromatic heterocycles. The van der Waals surface area contributed by atoms with E-state index in [0.717, 1.165) is 32.5 Å². The van der Waals surface area contributed by atoms with Gasteiger partial charge in [-0.2, -0.15) is 0 Å². The molecule has 0 saturated carbocycles. The normalized spacial score (nSPS) is 21.6. The van der Waals surface area contributed by atoms with E-state index in [-0.39, 0.29) is 5.79 Å². The Hall–Kier alpha value is -1.12. The Morgan fingerprint density at radius 2 is 1.84 bits per heavy atom. The zero-order valence-corrected chi connectivity index (χ0v) is 11.7. The van der Waals surface area contributed by atoms with Gasteiger partial charge in [0, 0.05) is 12.8 Å². The number of allylic oxidation sites excluding steroid dienone is 1. The van der Waals surface area contributed by atoms with Crippen LogP contribution in [0.1, 0.15) is 43.7 Å². The molecule has 0 atom stereocenters. The summed E-state index contributed by atoms with van der Waals surface area (Å²) < 4.78 is 11.5. The molecule has 0 amide bonds. The lowest BCUT2D eigenvalue weighted by molar-refractivity contribution is -0.159. The predicted octanol–water partition coefficient (Wildman–Crippen LogP) is 3.95. The van der Waals surface area contributed by atoms with Crippen molar-refractivity contribution in [2.75, 3.05) is 13.2 Å². The number of rotatable bonds is 3. The molecule has 1 heterocycles. The maximum Gasteiger partial charge on any atom is 0.172 e. The zero-order chi connectivity index (χ0) is 13.1. The molecule has 0 N–H and O–H groups in total. The number of hydrogen-bond acceptors (Lipinski definition) is 2.